The minimum Gasteiger partial charge on any atom is -0.394 e. The van der Waals surface area contributed by atoms with Gasteiger partial charge in [-0.25, -0.2) is 0 Å². The molecule has 4 heterocycles. The Morgan fingerprint density at radius 3 is 1.03 bits per heavy atom. The van der Waals surface area contributed by atoms with Crippen LogP contribution in [-0.4, -0.2) is 350 Å². The zero-order valence-corrected chi connectivity index (χ0v) is 57.4. The summed E-state index contributed by atoms with van der Waals surface area (Å²) < 4.78 is 56.5. The summed E-state index contributed by atoms with van der Waals surface area (Å²) in [6.45, 7) is -1.02. The third-order valence-corrected chi connectivity index (χ3v) is 16.1. The number of nitrogens with zero attached hydrogens (tertiary/aromatic N) is 1. The maximum Gasteiger partial charge on any atom is 0.223 e. The van der Waals surface area contributed by atoms with Gasteiger partial charge < -0.3 is 157 Å². The molecule has 42 nitrogen and oxygen atoms in total. The van der Waals surface area contributed by atoms with Crippen LogP contribution >= 0.6 is 0 Å². The second-order valence-electron chi connectivity index (χ2n) is 24.3. The lowest BCUT2D eigenvalue weighted by atomic mass is 9.97. The molecular weight excluding hydrogens is 1370 g/mol. The number of β-amino-alcohol motifs (C(OH)–C–C–N with tert-alkyl or cyclic N) is 1. The van der Waals surface area contributed by atoms with Crippen molar-refractivity contribution in [3.05, 3.63) is 0 Å². The molecule has 0 bridgehead atoms. The molecule has 9 unspecified atom stereocenters. The summed E-state index contributed by atoms with van der Waals surface area (Å²) in [4.78, 5) is 141. The van der Waals surface area contributed by atoms with E-state index in [4.69, 9.17) is 47.4 Å². The van der Waals surface area contributed by atoms with E-state index >= 15 is 0 Å². The molecule has 4 fully saturated rings. The quantitative estimate of drug-likeness (QED) is 0.0199. The highest BCUT2D eigenvalue weighted by atomic mass is 16.7. The first kappa shape index (κ1) is 87.8. The number of amides is 11. The molecule has 4 rings (SSSR count). The fourth-order valence-electron chi connectivity index (χ4n) is 10.8. The van der Waals surface area contributed by atoms with E-state index in [1.165, 1.54) is 4.90 Å². The predicted octanol–water partition coefficient (Wildman–Crippen LogP) is -11.5. The van der Waals surface area contributed by atoms with Crippen LogP contribution < -0.4 is 53.2 Å². The number of rotatable bonds is 46. The van der Waals surface area contributed by atoms with Gasteiger partial charge in [-0.3, -0.25) is 52.7 Å². The Balaban J connectivity index is 1.39. The lowest BCUT2D eigenvalue weighted by Crippen LogP contribution is -2.64. The number of hydrogen-bond acceptors (Lipinski definition) is 31. The standard InChI is InChI=1S/C60H103N11O31/c1-5-93-25-35-20-36(78)21-71(35)47(86)7-6-46(85)70-60(26-94-14-8-40(79)61-29-64-43(82)11-17-97-57-48(67-32(2)75)54(90)51(87)37(22-72)100-57,27-95-15-9-41(80)62-30-65-44(83)12-18-98-58-49(68-33(3)76)55(91)52(88)38(23-73)101-58)28-96-16-10-42(81)63-31-66-45(84)13-19-99-59-50(69-34(4)77)56(92)53(89)39(24-74)102-59/h35-39,48-59,72-74,78,87-92H,5-31H2,1-4H3,(H,61,79)(H,62,80)(H,63,81)(H,64,82)(H,65,83)(H,66,84)(H,67,75)(H,68,76)(H,69,77)(H,70,85)/t35-,36+,37?,38?,39?,48?,49?,50?,51-,52-,53-,54?,55?,56?,57+,58+,59+,60?/m0/s1. The van der Waals surface area contributed by atoms with Crippen molar-refractivity contribution in [1.29, 1.82) is 0 Å². The number of nitrogens with one attached hydrogen (secondary N) is 10. The van der Waals surface area contributed by atoms with Gasteiger partial charge >= 0.3 is 0 Å². The number of hydrogen-bond donors (Lipinski definition) is 20. The number of ether oxygens (including phenoxy) is 10. The predicted molar refractivity (Wildman–Crippen MR) is 340 cm³/mol. The van der Waals surface area contributed by atoms with Crippen molar-refractivity contribution in [2.75, 3.05) is 119 Å². The normalized spacial score (nSPS) is 27.6. The highest BCUT2D eigenvalue weighted by Crippen LogP contribution is 2.26. The second kappa shape index (κ2) is 46.3. The van der Waals surface area contributed by atoms with Crippen molar-refractivity contribution in [2.45, 2.75) is 195 Å². The summed E-state index contributed by atoms with van der Waals surface area (Å²) in [6, 6.07) is -4.22. The molecule has 42 heteroatoms. The van der Waals surface area contributed by atoms with Crippen LogP contribution in [-0.2, 0) is 100 Å². The van der Waals surface area contributed by atoms with Crippen LogP contribution in [0, 0.1) is 0 Å². The molecule has 17 atom stereocenters. The maximum absolute atomic E-state index is 14.0. The fourth-order valence-corrected chi connectivity index (χ4v) is 10.8. The van der Waals surface area contributed by atoms with Crippen molar-refractivity contribution in [3.8, 4) is 0 Å². The molecule has 0 radical (unpaired) electrons. The van der Waals surface area contributed by atoms with E-state index < -0.39 is 221 Å². The van der Waals surface area contributed by atoms with Crippen molar-refractivity contribution in [2.24, 2.45) is 0 Å². The molecule has 20 N–H and O–H groups in total. The molecule has 584 valence electrons. The SMILES string of the molecule is CCOC[C@@H]1C[C@@H](O)CN1C(=O)CCC(=O)NC(COCCC(=O)NCNC(=O)CCO[C@@H]1OC(CO)[C@H](O)C(O)C1NC(C)=O)(COCCC(=O)NCNC(=O)CCO[C@@H]1OC(CO)[C@H](O)C(O)C1NC(C)=O)COCCC(=O)NCNC(=O)CCO[C@@H]1OC(CO)[C@H](O)C(O)C1NC(C)=O. The van der Waals surface area contributed by atoms with Crippen LogP contribution in [0.3, 0.4) is 0 Å². The van der Waals surface area contributed by atoms with Gasteiger partial charge in [0, 0.05) is 46.8 Å². The van der Waals surface area contributed by atoms with Crippen molar-refractivity contribution >= 4 is 65.0 Å². The number of aliphatic hydroxyl groups excluding tert-OH is 10. The lowest BCUT2D eigenvalue weighted by molar-refractivity contribution is -0.270. The monoisotopic (exact) mass is 1470 g/mol. The minimum atomic E-state index is -1.72. The van der Waals surface area contributed by atoms with Crippen LogP contribution in [0.2, 0.25) is 0 Å². The first-order valence-corrected chi connectivity index (χ1v) is 33.3. The van der Waals surface area contributed by atoms with Crippen molar-refractivity contribution in [3.63, 3.8) is 0 Å². The van der Waals surface area contributed by atoms with Crippen LogP contribution in [0.15, 0.2) is 0 Å². The number of carbonyl (C=O) groups is 11. The van der Waals surface area contributed by atoms with Gasteiger partial charge in [-0.15, -0.1) is 0 Å². The summed E-state index contributed by atoms with van der Waals surface area (Å²) >= 11 is 0. The first-order valence-electron chi connectivity index (χ1n) is 33.3. The third-order valence-electron chi connectivity index (χ3n) is 16.1. The van der Waals surface area contributed by atoms with E-state index in [9.17, 15) is 104 Å². The van der Waals surface area contributed by atoms with Crippen molar-refractivity contribution < 1.29 is 151 Å². The summed E-state index contributed by atoms with van der Waals surface area (Å²) in [5, 5.41) is 126. The van der Waals surface area contributed by atoms with Gasteiger partial charge in [0.25, 0.3) is 0 Å². The lowest BCUT2D eigenvalue weighted by Gasteiger charge is -2.42. The largest absolute Gasteiger partial charge is 0.394 e. The van der Waals surface area contributed by atoms with Gasteiger partial charge in [-0.05, 0) is 13.3 Å². The number of aliphatic hydroxyl groups is 10. The maximum atomic E-state index is 14.0. The molecule has 0 aromatic carbocycles. The van der Waals surface area contributed by atoms with Gasteiger partial charge in [0.1, 0.15) is 78.6 Å². The van der Waals surface area contributed by atoms with Gasteiger partial charge in [-0.1, -0.05) is 0 Å². The molecule has 0 aromatic rings. The molecule has 0 aliphatic carbocycles. The summed E-state index contributed by atoms with van der Waals surface area (Å²) in [5.41, 5.74) is -1.72. The highest BCUT2D eigenvalue weighted by molar-refractivity contribution is 5.85. The molecule has 102 heavy (non-hydrogen) atoms. The number of carbonyl (C=O) groups excluding carboxylic acids is 11. The Labute approximate surface area is 586 Å². The van der Waals surface area contributed by atoms with E-state index in [-0.39, 0.29) is 124 Å². The minimum absolute atomic E-state index is 0.00194. The third kappa shape index (κ3) is 30.6. The van der Waals surface area contributed by atoms with E-state index in [2.05, 4.69) is 53.2 Å². The summed E-state index contributed by atoms with van der Waals surface area (Å²) in [7, 11) is 0. The Bertz CT molecular complexity index is 2430. The van der Waals surface area contributed by atoms with Gasteiger partial charge in [0.05, 0.1) is 157 Å². The highest BCUT2D eigenvalue weighted by Gasteiger charge is 2.48. The van der Waals surface area contributed by atoms with E-state index in [0.29, 0.717) is 6.61 Å². The molecule has 4 saturated heterocycles. The zero-order chi connectivity index (χ0) is 75.5. The van der Waals surface area contributed by atoms with Gasteiger partial charge in [-0.2, -0.15) is 0 Å². The molecule has 4 aliphatic rings. The molecular formula is C60H103N11O31. The van der Waals surface area contributed by atoms with E-state index in [1.807, 2.05) is 0 Å². The Morgan fingerprint density at radius 1 is 0.422 bits per heavy atom. The van der Waals surface area contributed by atoms with Crippen LogP contribution in [0.4, 0.5) is 0 Å². The average Bonchev–Trinajstić information content (AvgIpc) is 1.10. The molecule has 0 aromatic heterocycles. The van der Waals surface area contributed by atoms with Crippen LogP contribution in [0.25, 0.3) is 0 Å². The van der Waals surface area contributed by atoms with E-state index in [0.717, 1.165) is 20.8 Å². The number of likely N-dealkylation sites (tertiary alicyclic amines) is 1. The average molecular weight is 1470 g/mol. The smallest absolute Gasteiger partial charge is 0.223 e. The van der Waals surface area contributed by atoms with Crippen LogP contribution in [0.1, 0.15) is 85.5 Å². The molecule has 0 spiro atoms. The summed E-state index contributed by atoms with van der Waals surface area (Å²) in [6.07, 6.45) is -20.7. The first-order chi connectivity index (χ1) is 48.5. The topological polar surface area (TPSA) is 606 Å². The Morgan fingerprint density at radius 2 is 0.735 bits per heavy atom. The molecule has 0 saturated carbocycles. The van der Waals surface area contributed by atoms with Gasteiger partial charge in [0.2, 0.25) is 65.0 Å². The fraction of sp³-hybridized carbons (Fsp3) is 0.817. The Hall–Kier alpha value is -6.63. The second-order valence-corrected chi connectivity index (χ2v) is 24.3. The summed E-state index contributed by atoms with van der Waals surface area (Å²) in [5.74, 6) is -6.77. The molecule has 4 aliphatic heterocycles. The van der Waals surface area contributed by atoms with Crippen molar-refractivity contribution in [1.82, 2.24) is 58.1 Å². The molecule has 11 amide bonds. The van der Waals surface area contributed by atoms with E-state index in [1.54, 1.807) is 6.92 Å². The van der Waals surface area contributed by atoms with Gasteiger partial charge in [0.15, 0.2) is 18.9 Å². The Kier molecular flexibility index (Phi) is 39.8. The van der Waals surface area contributed by atoms with Crippen LogP contribution in [0.5, 0.6) is 0 Å². The zero-order valence-electron chi connectivity index (χ0n) is 57.4.